The average Bonchev–Trinajstić information content (AvgIpc) is 2.56. The van der Waals surface area contributed by atoms with E-state index in [9.17, 15) is 9.18 Å². The van der Waals surface area contributed by atoms with Crippen molar-refractivity contribution in [2.75, 3.05) is 6.26 Å². The maximum atomic E-state index is 13.5. The third kappa shape index (κ3) is 2.82. The van der Waals surface area contributed by atoms with Gasteiger partial charge in [-0.25, -0.2) is 14.4 Å². The predicted molar refractivity (Wildman–Crippen MR) is 91.7 cm³/mol. The standard InChI is InChI=1S/C15H10Cl2FN3OS/c1-23-15-19-6-9-12(20-15)8(5-18)7-21(14(9)22)13-10(16)3-2-4-11(13)17/h2-4,6-7H,5H2,1H3. The Labute approximate surface area is 145 Å². The molecule has 1 aromatic carbocycles. The summed E-state index contributed by atoms with van der Waals surface area (Å²) in [5, 5.41) is 1.28. The molecule has 0 atom stereocenters. The fourth-order valence-electron chi connectivity index (χ4n) is 2.25. The number of halogens is 3. The summed E-state index contributed by atoms with van der Waals surface area (Å²) in [5.41, 5.74) is 0.482. The van der Waals surface area contributed by atoms with Crippen LogP contribution in [0.2, 0.25) is 10.0 Å². The zero-order valence-corrected chi connectivity index (χ0v) is 14.2. The van der Waals surface area contributed by atoms with Gasteiger partial charge >= 0.3 is 0 Å². The minimum atomic E-state index is -0.774. The van der Waals surface area contributed by atoms with Crippen molar-refractivity contribution in [3.63, 3.8) is 0 Å². The number of rotatable bonds is 3. The molecule has 0 unspecified atom stereocenters. The lowest BCUT2D eigenvalue weighted by Crippen LogP contribution is -2.20. The molecule has 0 aliphatic heterocycles. The lowest BCUT2D eigenvalue weighted by atomic mass is 10.2. The van der Waals surface area contributed by atoms with Gasteiger partial charge in [0, 0.05) is 18.0 Å². The molecule has 0 radical (unpaired) electrons. The molecular formula is C15H10Cl2FN3OS. The van der Waals surface area contributed by atoms with E-state index in [0.717, 1.165) is 0 Å². The minimum Gasteiger partial charge on any atom is -0.280 e. The molecule has 118 valence electrons. The van der Waals surface area contributed by atoms with Crippen LogP contribution in [0.4, 0.5) is 4.39 Å². The molecule has 0 saturated carbocycles. The number of pyridine rings is 1. The Hall–Kier alpha value is -1.63. The van der Waals surface area contributed by atoms with E-state index in [4.69, 9.17) is 23.2 Å². The van der Waals surface area contributed by atoms with Gasteiger partial charge in [-0.2, -0.15) is 0 Å². The molecule has 3 aromatic rings. The van der Waals surface area contributed by atoms with E-state index in [1.807, 2.05) is 0 Å². The van der Waals surface area contributed by atoms with Crippen molar-refractivity contribution in [1.29, 1.82) is 0 Å². The monoisotopic (exact) mass is 369 g/mol. The Kier molecular flexibility index (Phi) is 4.57. The van der Waals surface area contributed by atoms with Gasteiger partial charge in [-0.3, -0.25) is 9.36 Å². The quantitative estimate of drug-likeness (QED) is 0.510. The lowest BCUT2D eigenvalue weighted by Gasteiger charge is -2.13. The number of hydrogen-bond acceptors (Lipinski definition) is 4. The highest BCUT2D eigenvalue weighted by atomic mass is 35.5. The molecule has 2 aromatic heterocycles. The van der Waals surface area contributed by atoms with E-state index in [1.165, 1.54) is 28.7 Å². The van der Waals surface area contributed by atoms with Crippen LogP contribution in [0.15, 0.2) is 40.5 Å². The van der Waals surface area contributed by atoms with E-state index in [-0.39, 0.29) is 10.9 Å². The molecule has 0 fully saturated rings. The van der Waals surface area contributed by atoms with E-state index < -0.39 is 12.2 Å². The number of nitrogens with zero attached hydrogens (tertiary/aromatic N) is 3. The molecular weight excluding hydrogens is 360 g/mol. The smallest absolute Gasteiger partial charge is 0.266 e. The minimum absolute atomic E-state index is 0.217. The SMILES string of the molecule is CSc1ncc2c(=O)n(-c3c(Cl)cccc3Cl)cc(CF)c2n1. The van der Waals surface area contributed by atoms with E-state index in [0.29, 0.717) is 26.4 Å². The molecule has 23 heavy (non-hydrogen) atoms. The molecule has 2 heterocycles. The number of hydrogen-bond donors (Lipinski definition) is 0. The summed E-state index contributed by atoms with van der Waals surface area (Å²) in [6, 6.07) is 4.90. The van der Waals surface area contributed by atoms with E-state index in [2.05, 4.69) is 9.97 Å². The molecule has 0 aliphatic carbocycles. The van der Waals surface area contributed by atoms with Crippen LogP contribution in [0.3, 0.4) is 0 Å². The number of thioether (sulfide) groups is 1. The van der Waals surface area contributed by atoms with Crippen molar-refractivity contribution < 1.29 is 4.39 Å². The maximum absolute atomic E-state index is 13.5. The van der Waals surface area contributed by atoms with Crippen molar-refractivity contribution in [2.45, 2.75) is 11.8 Å². The Morgan fingerprint density at radius 3 is 2.61 bits per heavy atom. The van der Waals surface area contributed by atoms with Gasteiger partial charge in [0.1, 0.15) is 6.67 Å². The summed E-state index contributed by atoms with van der Waals surface area (Å²) in [6.07, 6.45) is 4.59. The van der Waals surface area contributed by atoms with Gasteiger partial charge in [-0.1, -0.05) is 41.0 Å². The van der Waals surface area contributed by atoms with Gasteiger partial charge < -0.3 is 0 Å². The van der Waals surface area contributed by atoms with Crippen LogP contribution >= 0.6 is 35.0 Å². The first-order valence-corrected chi connectivity index (χ1v) is 8.50. The van der Waals surface area contributed by atoms with Gasteiger partial charge in [0.05, 0.1) is 26.6 Å². The van der Waals surface area contributed by atoms with Crippen molar-refractivity contribution >= 4 is 45.9 Å². The number of alkyl halides is 1. The normalized spacial score (nSPS) is 11.1. The van der Waals surface area contributed by atoms with Crippen LogP contribution in [-0.4, -0.2) is 20.8 Å². The van der Waals surface area contributed by atoms with Gasteiger partial charge in [0.2, 0.25) is 0 Å². The molecule has 0 spiro atoms. The summed E-state index contributed by atoms with van der Waals surface area (Å²) in [4.78, 5) is 21.1. The zero-order chi connectivity index (χ0) is 16.6. The lowest BCUT2D eigenvalue weighted by molar-refractivity contribution is 0.485. The first-order valence-electron chi connectivity index (χ1n) is 6.52. The van der Waals surface area contributed by atoms with Gasteiger partial charge in [-0.15, -0.1) is 0 Å². The molecule has 0 bridgehead atoms. The van der Waals surface area contributed by atoms with Crippen LogP contribution in [0, 0.1) is 0 Å². The third-order valence-electron chi connectivity index (χ3n) is 3.31. The van der Waals surface area contributed by atoms with Gasteiger partial charge in [0.25, 0.3) is 5.56 Å². The molecule has 0 amide bonds. The fraction of sp³-hybridized carbons (Fsp3) is 0.133. The Morgan fingerprint density at radius 2 is 2.00 bits per heavy atom. The Balaban J connectivity index is 2.40. The van der Waals surface area contributed by atoms with Crippen molar-refractivity contribution in [3.8, 4) is 5.69 Å². The molecule has 3 rings (SSSR count). The highest BCUT2D eigenvalue weighted by Crippen LogP contribution is 2.28. The molecule has 0 aliphatic rings. The Bertz CT molecular complexity index is 941. The first-order chi connectivity index (χ1) is 11.1. The second kappa shape index (κ2) is 6.47. The number of aromatic nitrogens is 3. The fourth-order valence-corrected chi connectivity index (χ4v) is 3.17. The second-order valence-electron chi connectivity index (χ2n) is 4.65. The molecule has 0 N–H and O–H groups in total. The van der Waals surface area contributed by atoms with Crippen LogP contribution in [0.25, 0.3) is 16.6 Å². The van der Waals surface area contributed by atoms with Crippen molar-refractivity contribution in [3.05, 3.63) is 56.6 Å². The van der Waals surface area contributed by atoms with Crippen LogP contribution < -0.4 is 5.56 Å². The average molecular weight is 370 g/mol. The number of fused-ring (bicyclic) bond motifs is 1. The Morgan fingerprint density at radius 1 is 1.30 bits per heavy atom. The molecule has 0 saturated heterocycles. The summed E-state index contributed by atoms with van der Waals surface area (Å²) >= 11 is 13.6. The second-order valence-corrected chi connectivity index (χ2v) is 6.24. The van der Waals surface area contributed by atoms with Crippen LogP contribution in [0.1, 0.15) is 5.56 Å². The highest BCUT2D eigenvalue weighted by molar-refractivity contribution is 7.98. The maximum Gasteiger partial charge on any atom is 0.266 e. The van der Waals surface area contributed by atoms with Crippen LogP contribution in [0.5, 0.6) is 0 Å². The van der Waals surface area contributed by atoms with Gasteiger partial charge in [0.15, 0.2) is 5.16 Å². The van der Waals surface area contributed by atoms with E-state index in [1.54, 1.807) is 24.5 Å². The number of para-hydroxylation sites is 1. The number of benzene rings is 1. The zero-order valence-electron chi connectivity index (χ0n) is 11.9. The largest absolute Gasteiger partial charge is 0.280 e. The summed E-state index contributed by atoms with van der Waals surface area (Å²) in [5.74, 6) is 0. The van der Waals surface area contributed by atoms with Gasteiger partial charge in [-0.05, 0) is 18.4 Å². The molecule has 4 nitrogen and oxygen atoms in total. The van der Waals surface area contributed by atoms with Crippen molar-refractivity contribution in [2.24, 2.45) is 0 Å². The van der Waals surface area contributed by atoms with Crippen molar-refractivity contribution in [1.82, 2.24) is 14.5 Å². The van der Waals surface area contributed by atoms with E-state index >= 15 is 0 Å². The van der Waals surface area contributed by atoms with Crippen LogP contribution in [-0.2, 0) is 6.67 Å². The predicted octanol–water partition coefficient (Wildman–Crippen LogP) is 4.28. The highest BCUT2D eigenvalue weighted by Gasteiger charge is 2.16. The first kappa shape index (κ1) is 16.2. The third-order valence-corrected chi connectivity index (χ3v) is 4.48. The summed E-state index contributed by atoms with van der Waals surface area (Å²) in [6.45, 7) is -0.774. The summed E-state index contributed by atoms with van der Waals surface area (Å²) in [7, 11) is 0. The summed E-state index contributed by atoms with van der Waals surface area (Å²) < 4.78 is 14.7. The topological polar surface area (TPSA) is 47.8 Å². The molecule has 8 heteroatoms.